The molecule has 1 atom stereocenters. The number of ketones is 2. The number of carbonyl (C=O) groups excluding carboxylic acids is 3. The van der Waals surface area contributed by atoms with Crippen LogP contribution in [0.15, 0.2) is 64.3 Å². The summed E-state index contributed by atoms with van der Waals surface area (Å²) in [6, 6.07) is 12.2. The number of aromatic nitrogens is 1. The van der Waals surface area contributed by atoms with Crippen LogP contribution >= 0.6 is 34.5 Å². The van der Waals surface area contributed by atoms with Gasteiger partial charge in [-0.05, 0) is 36.8 Å². The second-order valence-corrected chi connectivity index (χ2v) is 9.75. The summed E-state index contributed by atoms with van der Waals surface area (Å²) in [5.74, 6) is -2.47. The Bertz CT molecular complexity index is 1550. The van der Waals surface area contributed by atoms with E-state index in [1.54, 1.807) is 43.3 Å². The van der Waals surface area contributed by atoms with Gasteiger partial charge in [-0.15, -0.1) is 0 Å². The Kier molecular flexibility index (Phi) is 5.75. The number of carbonyl (C=O) groups is 3. The summed E-state index contributed by atoms with van der Waals surface area (Å²) in [6.07, 6.45) is 0. The maximum absolute atomic E-state index is 13.6. The molecule has 0 aliphatic carbocycles. The SMILES string of the molecule is CC(=O)c1sc(N2C(=O)C(O)=C(C(=O)c3cc4ccccc4o3)C2c2ccc(Cl)c(Cl)c2)nc1C. The number of nitrogens with zero attached hydrogens (tertiary/aromatic N) is 2. The van der Waals surface area contributed by atoms with Gasteiger partial charge in [0, 0.05) is 12.3 Å². The normalized spacial score (nSPS) is 15.9. The van der Waals surface area contributed by atoms with Crippen LogP contribution in [0.2, 0.25) is 10.0 Å². The van der Waals surface area contributed by atoms with Crippen molar-refractivity contribution in [2.45, 2.75) is 19.9 Å². The Hall–Kier alpha value is -3.46. The van der Waals surface area contributed by atoms with E-state index < -0.39 is 23.5 Å². The van der Waals surface area contributed by atoms with E-state index in [1.807, 2.05) is 0 Å². The molecule has 1 unspecified atom stereocenters. The van der Waals surface area contributed by atoms with Gasteiger partial charge in [0.05, 0.1) is 32.2 Å². The molecule has 0 bridgehead atoms. The predicted molar refractivity (Wildman–Crippen MR) is 134 cm³/mol. The van der Waals surface area contributed by atoms with Gasteiger partial charge in [-0.2, -0.15) is 0 Å². The number of furan rings is 1. The van der Waals surface area contributed by atoms with Crippen LogP contribution in [0.4, 0.5) is 5.13 Å². The highest BCUT2D eigenvalue weighted by Gasteiger charge is 2.47. The Morgan fingerprint density at radius 2 is 1.86 bits per heavy atom. The zero-order chi connectivity index (χ0) is 25.0. The van der Waals surface area contributed by atoms with E-state index >= 15 is 0 Å². The number of thiazole rings is 1. The van der Waals surface area contributed by atoms with Crippen LogP contribution in [-0.2, 0) is 4.79 Å². The standard InChI is InChI=1S/C25H16Cl2N2O5S/c1-11-23(12(2)30)35-25(28-11)29-20(14-7-8-15(26)16(27)9-14)19(22(32)24(29)33)21(31)18-10-13-5-3-4-6-17(13)34-18/h3-10,20,32H,1-2H3. The fourth-order valence-corrected chi connectivity index (χ4v) is 5.37. The largest absolute Gasteiger partial charge is 0.503 e. The molecule has 1 aliphatic heterocycles. The quantitative estimate of drug-likeness (QED) is 0.298. The molecule has 5 rings (SSSR count). The molecule has 176 valence electrons. The highest BCUT2D eigenvalue weighted by atomic mass is 35.5. The van der Waals surface area contributed by atoms with E-state index in [0.717, 1.165) is 11.3 Å². The van der Waals surface area contributed by atoms with Gasteiger partial charge in [0.25, 0.3) is 5.91 Å². The first-order valence-corrected chi connectivity index (χ1v) is 12.0. The minimum Gasteiger partial charge on any atom is -0.503 e. The van der Waals surface area contributed by atoms with Crippen LogP contribution in [0.25, 0.3) is 11.0 Å². The van der Waals surface area contributed by atoms with E-state index in [4.69, 9.17) is 27.6 Å². The lowest BCUT2D eigenvalue weighted by Crippen LogP contribution is -2.31. The molecule has 3 heterocycles. The fourth-order valence-electron chi connectivity index (χ4n) is 4.07. The Balaban J connectivity index is 1.69. The van der Waals surface area contributed by atoms with Crippen LogP contribution in [0, 0.1) is 6.92 Å². The molecule has 7 nitrogen and oxygen atoms in total. The summed E-state index contributed by atoms with van der Waals surface area (Å²) in [6.45, 7) is 3.05. The zero-order valence-corrected chi connectivity index (χ0v) is 20.7. The predicted octanol–water partition coefficient (Wildman–Crippen LogP) is 6.49. The minimum atomic E-state index is -1.08. The van der Waals surface area contributed by atoms with Crippen molar-refractivity contribution in [1.29, 1.82) is 0 Å². The first-order valence-electron chi connectivity index (χ1n) is 10.4. The van der Waals surface area contributed by atoms with Crippen molar-refractivity contribution in [2.75, 3.05) is 4.90 Å². The number of Topliss-reactive ketones (excluding diaryl/α,β-unsaturated/α-hetero) is 2. The van der Waals surface area contributed by atoms with Crippen molar-refractivity contribution in [1.82, 2.24) is 4.98 Å². The van der Waals surface area contributed by atoms with Gasteiger partial charge in [-0.25, -0.2) is 4.98 Å². The van der Waals surface area contributed by atoms with E-state index in [9.17, 15) is 19.5 Å². The lowest BCUT2D eigenvalue weighted by atomic mass is 9.95. The molecule has 0 saturated carbocycles. The number of aryl methyl sites for hydroxylation is 1. The molecule has 0 fully saturated rings. The second-order valence-electron chi connectivity index (χ2n) is 7.96. The minimum absolute atomic E-state index is 0.0350. The number of benzene rings is 2. The molecule has 0 spiro atoms. The van der Waals surface area contributed by atoms with Crippen LogP contribution in [0.3, 0.4) is 0 Å². The van der Waals surface area contributed by atoms with Crippen molar-refractivity contribution in [2.24, 2.45) is 0 Å². The third kappa shape index (κ3) is 3.83. The van der Waals surface area contributed by atoms with Gasteiger partial charge in [-0.1, -0.05) is 58.8 Å². The smallest absolute Gasteiger partial charge is 0.296 e. The Morgan fingerprint density at radius 3 is 2.51 bits per heavy atom. The third-order valence-electron chi connectivity index (χ3n) is 5.67. The van der Waals surface area contributed by atoms with E-state index in [-0.39, 0.29) is 32.3 Å². The lowest BCUT2D eigenvalue weighted by molar-refractivity contribution is -0.117. The molecule has 0 saturated heterocycles. The number of aliphatic hydroxyl groups is 1. The molecule has 0 radical (unpaired) electrons. The molecule has 4 aromatic rings. The maximum Gasteiger partial charge on any atom is 0.296 e. The second kappa shape index (κ2) is 8.64. The van der Waals surface area contributed by atoms with Gasteiger partial charge in [-0.3, -0.25) is 19.3 Å². The summed E-state index contributed by atoms with van der Waals surface area (Å²) >= 11 is 13.3. The maximum atomic E-state index is 13.6. The van der Waals surface area contributed by atoms with Gasteiger partial charge < -0.3 is 9.52 Å². The van der Waals surface area contributed by atoms with Crippen molar-refractivity contribution in [3.05, 3.63) is 91.8 Å². The summed E-state index contributed by atoms with van der Waals surface area (Å²) < 4.78 is 5.72. The highest BCUT2D eigenvalue weighted by molar-refractivity contribution is 7.17. The van der Waals surface area contributed by atoms with Gasteiger partial charge in [0.1, 0.15) is 5.58 Å². The lowest BCUT2D eigenvalue weighted by Gasteiger charge is -2.24. The molecule has 1 N–H and O–H groups in total. The molecule has 1 aliphatic rings. The zero-order valence-electron chi connectivity index (χ0n) is 18.3. The van der Waals surface area contributed by atoms with Crippen LogP contribution in [0.1, 0.15) is 44.4 Å². The number of hydrogen-bond acceptors (Lipinski definition) is 7. The molecular weight excluding hydrogens is 511 g/mol. The van der Waals surface area contributed by atoms with E-state index in [2.05, 4.69) is 4.98 Å². The Morgan fingerprint density at radius 1 is 1.11 bits per heavy atom. The molecule has 35 heavy (non-hydrogen) atoms. The molecule has 1 amide bonds. The third-order valence-corrected chi connectivity index (χ3v) is 7.67. The summed E-state index contributed by atoms with van der Waals surface area (Å²) in [4.78, 5) is 44.9. The number of halogens is 2. The molecule has 10 heteroatoms. The average molecular weight is 527 g/mol. The monoisotopic (exact) mass is 526 g/mol. The van der Waals surface area contributed by atoms with Gasteiger partial charge >= 0.3 is 0 Å². The number of anilines is 1. The molecule has 2 aromatic heterocycles. The highest BCUT2D eigenvalue weighted by Crippen LogP contribution is 2.45. The Labute approximate surface area is 213 Å². The summed E-state index contributed by atoms with van der Waals surface area (Å²) in [5.41, 5.74) is 1.16. The summed E-state index contributed by atoms with van der Waals surface area (Å²) in [7, 11) is 0. The first-order chi connectivity index (χ1) is 16.7. The molecular formula is C25H16Cl2N2O5S. The van der Waals surface area contributed by atoms with Gasteiger partial charge in [0.15, 0.2) is 22.4 Å². The van der Waals surface area contributed by atoms with Crippen LogP contribution in [0.5, 0.6) is 0 Å². The topological polar surface area (TPSA) is 101 Å². The number of aliphatic hydroxyl groups excluding tert-OH is 1. The van der Waals surface area contributed by atoms with E-state index in [1.165, 1.54) is 24.0 Å². The number of hydrogen-bond donors (Lipinski definition) is 1. The van der Waals surface area contributed by atoms with Crippen LogP contribution < -0.4 is 4.90 Å². The van der Waals surface area contributed by atoms with Crippen molar-refractivity contribution < 1.29 is 23.9 Å². The number of fused-ring (bicyclic) bond motifs is 1. The average Bonchev–Trinajstić information content (AvgIpc) is 3.49. The van der Waals surface area contributed by atoms with Crippen LogP contribution in [-0.4, -0.2) is 27.6 Å². The van der Waals surface area contributed by atoms with Gasteiger partial charge in [0.2, 0.25) is 5.78 Å². The van der Waals surface area contributed by atoms with Crippen molar-refractivity contribution >= 4 is 68.1 Å². The number of para-hydroxylation sites is 1. The fraction of sp³-hybridized carbons (Fsp3) is 0.120. The molecule has 2 aromatic carbocycles. The van der Waals surface area contributed by atoms with Crippen molar-refractivity contribution in [3.63, 3.8) is 0 Å². The first kappa shape index (κ1) is 23.3. The number of amides is 1. The summed E-state index contributed by atoms with van der Waals surface area (Å²) in [5, 5.41) is 12.3. The van der Waals surface area contributed by atoms with Crippen molar-refractivity contribution in [3.8, 4) is 0 Å². The van der Waals surface area contributed by atoms with E-state index in [0.29, 0.717) is 27.1 Å². The number of rotatable bonds is 5.